The number of nitrogens with zero attached hydrogens (tertiary/aromatic N) is 1. The summed E-state index contributed by atoms with van der Waals surface area (Å²) in [6.45, 7) is 11.0. The molecule has 0 radical (unpaired) electrons. The maximum atomic E-state index is 3.62. The van der Waals surface area contributed by atoms with Crippen molar-refractivity contribution in [2.24, 2.45) is 11.8 Å². The van der Waals surface area contributed by atoms with E-state index in [9.17, 15) is 0 Å². The van der Waals surface area contributed by atoms with E-state index < -0.39 is 0 Å². The van der Waals surface area contributed by atoms with Crippen molar-refractivity contribution in [3.8, 4) is 0 Å². The van der Waals surface area contributed by atoms with E-state index >= 15 is 0 Å². The van der Waals surface area contributed by atoms with E-state index in [0.29, 0.717) is 4.75 Å². The number of nitrogens with one attached hydrogen (secondary N) is 1. The van der Waals surface area contributed by atoms with Crippen molar-refractivity contribution < 1.29 is 0 Å². The van der Waals surface area contributed by atoms with Crippen LogP contribution in [0.15, 0.2) is 0 Å². The molecule has 2 aliphatic rings. The zero-order valence-corrected chi connectivity index (χ0v) is 13.2. The summed E-state index contributed by atoms with van der Waals surface area (Å²) in [5.41, 5.74) is 0. The molecular formula is C15H30N2S. The molecule has 0 spiro atoms. The van der Waals surface area contributed by atoms with Gasteiger partial charge in [0.2, 0.25) is 0 Å². The highest BCUT2D eigenvalue weighted by Gasteiger charge is 2.39. The monoisotopic (exact) mass is 270 g/mol. The molecule has 2 rings (SSSR count). The minimum Gasteiger partial charge on any atom is -0.316 e. The number of rotatable bonds is 7. The van der Waals surface area contributed by atoms with Crippen molar-refractivity contribution in [3.63, 3.8) is 0 Å². The molecule has 1 heterocycles. The highest BCUT2D eigenvalue weighted by molar-refractivity contribution is 8.00. The van der Waals surface area contributed by atoms with Gasteiger partial charge in [0.1, 0.15) is 0 Å². The number of hydrogen-bond donors (Lipinski definition) is 1. The molecule has 2 fully saturated rings. The summed E-state index contributed by atoms with van der Waals surface area (Å²) in [5, 5.41) is 3.62. The Balaban J connectivity index is 1.65. The van der Waals surface area contributed by atoms with Crippen LogP contribution in [0.5, 0.6) is 0 Å². The van der Waals surface area contributed by atoms with Crippen LogP contribution in [-0.4, -0.2) is 48.6 Å². The van der Waals surface area contributed by atoms with Crippen molar-refractivity contribution in [2.75, 3.05) is 39.0 Å². The summed E-state index contributed by atoms with van der Waals surface area (Å²) >= 11 is 2.11. The van der Waals surface area contributed by atoms with E-state index in [0.717, 1.165) is 11.8 Å². The van der Waals surface area contributed by atoms with Gasteiger partial charge in [-0.2, -0.15) is 11.8 Å². The van der Waals surface area contributed by atoms with Crippen LogP contribution in [0.1, 0.15) is 39.5 Å². The summed E-state index contributed by atoms with van der Waals surface area (Å²) in [6.07, 6.45) is 8.04. The van der Waals surface area contributed by atoms with Crippen LogP contribution in [0.3, 0.4) is 0 Å². The highest BCUT2D eigenvalue weighted by atomic mass is 32.2. The van der Waals surface area contributed by atoms with Gasteiger partial charge in [0, 0.05) is 17.8 Å². The summed E-state index contributed by atoms with van der Waals surface area (Å²) in [7, 11) is 0. The maximum absolute atomic E-state index is 3.62. The van der Waals surface area contributed by atoms with Crippen LogP contribution in [0.25, 0.3) is 0 Å². The molecule has 1 saturated carbocycles. The summed E-state index contributed by atoms with van der Waals surface area (Å²) < 4.78 is 0.625. The fourth-order valence-electron chi connectivity index (χ4n) is 3.20. The average molecular weight is 270 g/mol. The molecule has 0 aromatic heterocycles. The Kier molecular flexibility index (Phi) is 5.40. The molecular weight excluding hydrogens is 240 g/mol. The lowest BCUT2D eigenvalue weighted by Gasteiger charge is -2.43. The van der Waals surface area contributed by atoms with Gasteiger partial charge >= 0.3 is 0 Å². The van der Waals surface area contributed by atoms with Gasteiger partial charge in [0.05, 0.1) is 0 Å². The van der Waals surface area contributed by atoms with Gasteiger partial charge in [-0.05, 0) is 57.0 Å². The molecule has 1 aliphatic carbocycles. The second-order valence-corrected chi connectivity index (χ2v) is 7.96. The topological polar surface area (TPSA) is 15.3 Å². The van der Waals surface area contributed by atoms with E-state index in [1.807, 2.05) is 0 Å². The van der Waals surface area contributed by atoms with Crippen LogP contribution < -0.4 is 5.32 Å². The molecule has 1 atom stereocenters. The summed E-state index contributed by atoms with van der Waals surface area (Å²) in [5.74, 6) is 1.67. The second kappa shape index (κ2) is 6.62. The number of hydrogen-bond acceptors (Lipinski definition) is 3. The van der Waals surface area contributed by atoms with E-state index in [4.69, 9.17) is 0 Å². The predicted octanol–water partition coefficient (Wildman–Crippen LogP) is 2.84. The van der Waals surface area contributed by atoms with Gasteiger partial charge in [0.15, 0.2) is 0 Å². The normalized spacial score (nSPS) is 27.7. The minimum atomic E-state index is 0.625. The van der Waals surface area contributed by atoms with Crippen LogP contribution in [0, 0.1) is 11.8 Å². The van der Waals surface area contributed by atoms with Crippen molar-refractivity contribution in [2.45, 2.75) is 44.3 Å². The molecule has 0 amide bonds. The zero-order valence-electron chi connectivity index (χ0n) is 12.4. The summed E-state index contributed by atoms with van der Waals surface area (Å²) in [6, 6.07) is 0. The Bertz CT molecular complexity index is 245. The van der Waals surface area contributed by atoms with Crippen molar-refractivity contribution in [1.29, 1.82) is 0 Å². The standard InChI is InChI=1S/C15H30N2S/c1-13(2)9-16-10-14-5-8-17(11-14)12-15(18-3)6-4-7-15/h13-14,16H,4-12H2,1-3H3. The highest BCUT2D eigenvalue weighted by Crippen LogP contribution is 2.43. The maximum Gasteiger partial charge on any atom is 0.0284 e. The Labute approximate surface area is 117 Å². The summed E-state index contributed by atoms with van der Waals surface area (Å²) in [4.78, 5) is 2.72. The van der Waals surface area contributed by atoms with Crippen molar-refractivity contribution in [1.82, 2.24) is 10.2 Å². The van der Waals surface area contributed by atoms with Gasteiger partial charge in [-0.1, -0.05) is 20.3 Å². The first kappa shape index (κ1) is 14.7. The Morgan fingerprint density at radius 2 is 2.17 bits per heavy atom. The van der Waals surface area contributed by atoms with Crippen molar-refractivity contribution in [3.05, 3.63) is 0 Å². The zero-order chi connectivity index (χ0) is 13.0. The Morgan fingerprint density at radius 3 is 2.72 bits per heavy atom. The Morgan fingerprint density at radius 1 is 1.39 bits per heavy atom. The number of thioether (sulfide) groups is 1. The fraction of sp³-hybridized carbons (Fsp3) is 1.00. The second-order valence-electron chi connectivity index (χ2n) is 6.68. The molecule has 1 aliphatic heterocycles. The van der Waals surface area contributed by atoms with Crippen LogP contribution in [0.4, 0.5) is 0 Å². The lowest BCUT2D eigenvalue weighted by Crippen LogP contribution is -2.44. The minimum absolute atomic E-state index is 0.625. The van der Waals surface area contributed by atoms with E-state index in [2.05, 4.69) is 42.1 Å². The molecule has 1 saturated heterocycles. The molecule has 2 nitrogen and oxygen atoms in total. The molecule has 1 N–H and O–H groups in total. The molecule has 1 unspecified atom stereocenters. The third kappa shape index (κ3) is 3.88. The number of likely N-dealkylation sites (tertiary alicyclic amines) is 1. The van der Waals surface area contributed by atoms with E-state index in [1.165, 1.54) is 58.4 Å². The first-order chi connectivity index (χ1) is 8.63. The lowest BCUT2D eigenvalue weighted by atomic mass is 9.84. The lowest BCUT2D eigenvalue weighted by molar-refractivity contribution is 0.228. The van der Waals surface area contributed by atoms with E-state index in [-0.39, 0.29) is 0 Å². The third-order valence-corrected chi connectivity index (χ3v) is 5.97. The van der Waals surface area contributed by atoms with Crippen LogP contribution in [0.2, 0.25) is 0 Å². The van der Waals surface area contributed by atoms with Gasteiger partial charge < -0.3 is 10.2 Å². The van der Waals surface area contributed by atoms with Gasteiger partial charge in [0.25, 0.3) is 0 Å². The smallest absolute Gasteiger partial charge is 0.0284 e. The van der Waals surface area contributed by atoms with Crippen LogP contribution in [-0.2, 0) is 0 Å². The SMILES string of the molecule is CSC1(CN2CCC(CNCC(C)C)C2)CCC1. The largest absolute Gasteiger partial charge is 0.316 e. The van der Waals surface area contributed by atoms with E-state index in [1.54, 1.807) is 0 Å². The molecule has 0 aromatic rings. The average Bonchev–Trinajstić information content (AvgIpc) is 2.71. The third-order valence-electron chi connectivity index (χ3n) is 4.57. The van der Waals surface area contributed by atoms with Gasteiger partial charge in [-0.3, -0.25) is 0 Å². The Hall–Kier alpha value is 0.270. The first-order valence-electron chi connectivity index (χ1n) is 7.62. The fourth-order valence-corrected chi connectivity index (χ4v) is 4.21. The quantitative estimate of drug-likeness (QED) is 0.766. The molecule has 0 bridgehead atoms. The predicted molar refractivity (Wildman–Crippen MR) is 82.4 cm³/mol. The molecule has 106 valence electrons. The molecule has 0 aromatic carbocycles. The molecule has 3 heteroatoms. The van der Waals surface area contributed by atoms with Crippen molar-refractivity contribution >= 4 is 11.8 Å². The van der Waals surface area contributed by atoms with Gasteiger partial charge in [-0.25, -0.2) is 0 Å². The molecule has 18 heavy (non-hydrogen) atoms. The van der Waals surface area contributed by atoms with Crippen LogP contribution >= 0.6 is 11.8 Å². The first-order valence-corrected chi connectivity index (χ1v) is 8.84. The van der Waals surface area contributed by atoms with Gasteiger partial charge in [-0.15, -0.1) is 0 Å².